The van der Waals surface area contributed by atoms with E-state index < -0.39 is 18.5 Å². The summed E-state index contributed by atoms with van der Waals surface area (Å²) >= 11 is 0. The van der Waals surface area contributed by atoms with Crippen molar-refractivity contribution < 1.29 is 23.8 Å². The van der Waals surface area contributed by atoms with Crippen LogP contribution in [-0.4, -0.2) is 23.3 Å². The molecule has 0 amide bonds. The largest absolute Gasteiger partial charge is 0.546 e. The zero-order valence-electron chi connectivity index (χ0n) is 18.8. The predicted molar refractivity (Wildman–Crippen MR) is 129 cm³/mol. The fourth-order valence-electron chi connectivity index (χ4n) is 4.32. The maximum Gasteiger partial charge on any atom is 0.223 e. The van der Waals surface area contributed by atoms with Crippen LogP contribution in [0.5, 0.6) is 5.75 Å². The molecule has 0 saturated carbocycles. The first-order valence-corrected chi connectivity index (χ1v) is 11.4. The molecule has 1 aliphatic carbocycles. The number of hydrogen-bond donors (Lipinski definition) is 0. The second-order valence-corrected chi connectivity index (χ2v) is 8.27. The van der Waals surface area contributed by atoms with Crippen molar-refractivity contribution in [2.24, 2.45) is 5.92 Å². The Morgan fingerprint density at radius 3 is 2.37 bits per heavy atom. The molecule has 174 valence electrons. The number of benzene rings is 3. The van der Waals surface area contributed by atoms with E-state index in [1.54, 1.807) is 24.3 Å². The van der Waals surface area contributed by atoms with Crippen LogP contribution >= 0.6 is 0 Å². The summed E-state index contributed by atoms with van der Waals surface area (Å²) in [5.74, 6) is -0.440. The molecule has 0 spiro atoms. The van der Waals surface area contributed by atoms with Crippen LogP contribution in [0.1, 0.15) is 29.1 Å². The van der Waals surface area contributed by atoms with Gasteiger partial charge in [0.25, 0.3) is 0 Å². The number of ether oxygens (including phenoxy) is 1. The molecule has 0 bridgehead atoms. The number of aliphatic carboxylic acids is 1. The van der Waals surface area contributed by atoms with Crippen LogP contribution < -0.4 is 9.84 Å². The molecule has 6 heteroatoms. The molecule has 0 N–H and O–H groups in total. The van der Waals surface area contributed by atoms with E-state index in [1.165, 1.54) is 0 Å². The van der Waals surface area contributed by atoms with Crippen LogP contribution in [0.15, 0.2) is 95.4 Å². The molecule has 1 atom stereocenters. The van der Waals surface area contributed by atoms with Gasteiger partial charge in [0.05, 0.1) is 11.9 Å². The van der Waals surface area contributed by atoms with Crippen molar-refractivity contribution >= 4 is 17.3 Å². The van der Waals surface area contributed by atoms with Gasteiger partial charge in [-0.05, 0) is 25.0 Å². The molecule has 3 aromatic carbocycles. The summed E-state index contributed by atoms with van der Waals surface area (Å²) in [5, 5.41) is 10.7. The summed E-state index contributed by atoms with van der Waals surface area (Å²) in [6, 6.07) is 26.1. The normalized spacial score (nSPS) is 15.0. The lowest BCUT2D eigenvalue weighted by atomic mass is 9.91. The SMILES string of the molecule is O=C([O-])COc1cccc(C(=O)C2CCC=C2c2nc(-c3ccccc3)c(-c3ccccc3)o2)c1. The molecule has 1 aromatic heterocycles. The van der Waals surface area contributed by atoms with Gasteiger partial charge >= 0.3 is 0 Å². The van der Waals surface area contributed by atoms with E-state index in [0.29, 0.717) is 29.4 Å². The van der Waals surface area contributed by atoms with Crippen molar-refractivity contribution in [1.29, 1.82) is 0 Å². The number of aromatic nitrogens is 1. The lowest BCUT2D eigenvalue weighted by molar-refractivity contribution is -0.307. The molecule has 0 aliphatic heterocycles. The van der Waals surface area contributed by atoms with Gasteiger partial charge in [-0.1, -0.05) is 78.9 Å². The number of nitrogens with zero attached hydrogens (tertiary/aromatic N) is 1. The van der Waals surface area contributed by atoms with Crippen molar-refractivity contribution in [1.82, 2.24) is 4.98 Å². The molecular formula is C29H22NO5-. The maximum atomic E-state index is 13.5. The van der Waals surface area contributed by atoms with Gasteiger partial charge in [0.2, 0.25) is 5.89 Å². The monoisotopic (exact) mass is 464 g/mol. The standard InChI is InChI=1S/C29H23NO5/c31-25(32)18-34-22-14-7-13-21(17-22)27(33)23-15-8-16-24(23)29-30-26(19-9-3-1-4-10-19)28(35-29)20-11-5-2-6-12-20/h1-7,9-14,16-17,23H,8,15,18H2,(H,31,32)/p-1. The third-order valence-electron chi connectivity index (χ3n) is 5.94. The number of hydrogen-bond acceptors (Lipinski definition) is 6. The van der Waals surface area contributed by atoms with Gasteiger partial charge in [0.15, 0.2) is 11.5 Å². The van der Waals surface area contributed by atoms with E-state index in [9.17, 15) is 14.7 Å². The van der Waals surface area contributed by atoms with Crippen LogP contribution in [0, 0.1) is 5.92 Å². The average Bonchev–Trinajstić information content (AvgIpc) is 3.56. The maximum absolute atomic E-state index is 13.5. The number of allylic oxidation sites excluding steroid dienone is 2. The summed E-state index contributed by atoms with van der Waals surface area (Å²) in [6.07, 6.45) is 3.38. The predicted octanol–water partition coefficient (Wildman–Crippen LogP) is 4.81. The molecular weight excluding hydrogens is 442 g/mol. The number of Topliss-reactive ketones (excluding diaryl/α,β-unsaturated/α-hetero) is 1. The van der Waals surface area contributed by atoms with Crippen molar-refractivity contribution in [3.8, 4) is 28.3 Å². The first-order valence-electron chi connectivity index (χ1n) is 11.4. The zero-order chi connectivity index (χ0) is 24.2. The van der Waals surface area contributed by atoms with E-state index in [4.69, 9.17) is 14.1 Å². The molecule has 5 rings (SSSR count). The van der Waals surface area contributed by atoms with Gasteiger partial charge in [-0.2, -0.15) is 0 Å². The summed E-state index contributed by atoms with van der Waals surface area (Å²) in [7, 11) is 0. The molecule has 0 saturated heterocycles. The highest BCUT2D eigenvalue weighted by molar-refractivity contribution is 6.05. The van der Waals surface area contributed by atoms with Gasteiger partial charge in [0.1, 0.15) is 18.1 Å². The minimum atomic E-state index is -1.32. The van der Waals surface area contributed by atoms with Crippen LogP contribution in [0.3, 0.4) is 0 Å². The molecule has 0 fully saturated rings. The number of carbonyl (C=O) groups is 2. The smallest absolute Gasteiger partial charge is 0.223 e. The van der Waals surface area contributed by atoms with Crippen LogP contribution in [0.4, 0.5) is 0 Å². The number of ketones is 1. The number of oxazole rings is 1. The van der Waals surface area contributed by atoms with Crippen LogP contribution in [-0.2, 0) is 4.79 Å². The summed E-state index contributed by atoms with van der Waals surface area (Å²) in [5.41, 5.74) is 3.76. The van der Waals surface area contributed by atoms with E-state index in [-0.39, 0.29) is 5.78 Å². The van der Waals surface area contributed by atoms with Gasteiger partial charge < -0.3 is 19.1 Å². The van der Waals surface area contributed by atoms with Gasteiger partial charge in [0, 0.05) is 22.3 Å². The number of carbonyl (C=O) groups excluding carboxylic acids is 2. The average molecular weight is 464 g/mol. The first kappa shape index (κ1) is 22.3. The third-order valence-corrected chi connectivity index (χ3v) is 5.94. The third kappa shape index (κ3) is 4.77. The molecule has 1 aliphatic rings. The van der Waals surface area contributed by atoms with Gasteiger partial charge in [-0.15, -0.1) is 0 Å². The Balaban J connectivity index is 1.48. The first-order chi connectivity index (χ1) is 17.1. The molecule has 35 heavy (non-hydrogen) atoms. The molecule has 0 radical (unpaired) electrons. The second-order valence-electron chi connectivity index (χ2n) is 8.27. The van der Waals surface area contributed by atoms with E-state index in [1.807, 2.05) is 66.7 Å². The lowest BCUT2D eigenvalue weighted by Gasteiger charge is -2.13. The topological polar surface area (TPSA) is 92.5 Å². The second kappa shape index (κ2) is 9.81. The van der Waals surface area contributed by atoms with Crippen molar-refractivity contribution in [2.45, 2.75) is 12.8 Å². The van der Waals surface area contributed by atoms with E-state index >= 15 is 0 Å². The molecule has 6 nitrogen and oxygen atoms in total. The minimum Gasteiger partial charge on any atom is -0.546 e. The molecule has 1 unspecified atom stereocenters. The minimum absolute atomic E-state index is 0.0895. The number of carboxylic acid groups (broad SMARTS) is 1. The Bertz CT molecular complexity index is 1330. The fourth-order valence-corrected chi connectivity index (χ4v) is 4.32. The van der Waals surface area contributed by atoms with E-state index in [0.717, 1.165) is 28.8 Å². The Kier molecular flexibility index (Phi) is 6.26. The Labute approximate surface area is 202 Å². The van der Waals surface area contributed by atoms with Crippen LogP contribution in [0.2, 0.25) is 0 Å². The van der Waals surface area contributed by atoms with Crippen molar-refractivity contribution in [3.05, 3.63) is 102 Å². The number of carboxylic acids is 1. The zero-order valence-corrected chi connectivity index (χ0v) is 18.8. The molecule has 4 aromatic rings. The summed E-state index contributed by atoms with van der Waals surface area (Å²) in [4.78, 5) is 29.0. The highest BCUT2D eigenvalue weighted by Gasteiger charge is 2.32. The lowest BCUT2D eigenvalue weighted by Crippen LogP contribution is -2.29. The highest BCUT2D eigenvalue weighted by Crippen LogP contribution is 2.40. The summed E-state index contributed by atoms with van der Waals surface area (Å²) in [6.45, 7) is -0.576. The fraction of sp³-hybridized carbons (Fsp3) is 0.138. The highest BCUT2D eigenvalue weighted by atomic mass is 16.5. The van der Waals surface area contributed by atoms with Crippen molar-refractivity contribution in [2.75, 3.05) is 6.61 Å². The van der Waals surface area contributed by atoms with Gasteiger partial charge in [-0.3, -0.25) is 4.79 Å². The Morgan fingerprint density at radius 2 is 1.66 bits per heavy atom. The van der Waals surface area contributed by atoms with Crippen LogP contribution in [0.25, 0.3) is 28.2 Å². The quantitative estimate of drug-likeness (QED) is 0.347. The van der Waals surface area contributed by atoms with Gasteiger partial charge in [-0.25, -0.2) is 4.98 Å². The van der Waals surface area contributed by atoms with E-state index in [2.05, 4.69) is 0 Å². The Morgan fingerprint density at radius 1 is 0.943 bits per heavy atom. The molecule has 1 heterocycles. The van der Waals surface area contributed by atoms with Crippen molar-refractivity contribution in [3.63, 3.8) is 0 Å². The Hall–Kier alpha value is -4.45. The number of rotatable bonds is 8. The summed E-state index contributed by atoms with van der Waals surface area (Å²) < 4.78 is 11.5.